The predicted molar refractivity (Wildman–Crippen MR) is 63.7 cm³/mol. The van der Waals surface area contributed by atoms with Crippen LogP contribution in [0.15, 0.2) is 12.2 Å². The SMILES string of the molecule is CCCCC(C)(/C=C/C(=O)OCC)CC. The second-order valence-electron chi connectivity index (χ2n) is 4.20. The average molecular weight is 212 g/mol. The molecular formula is C13H24O2. The first-order valence-electron chi connectivity index (χ1n) is 5.94. The highest BCUT2D eigenvalue weighted by Crippen LogP contribution is 2.29. The van der Waals surface area contributed by atoms with Gasteiger partial charge in [0.2, 0.25) is 0 Å². The molecule has 0 N–H and O–H groups in total. The topological polar surface area (TPSA) is 26.3 Å². The van der Waals surface area contributed by atoms with Gasteiger partial charge in [0.05, 0.1) is 6.61 Å². The molecule has 0 saturated carbocycles. The summed E-state index contributed by atoms with van der Waals surface area (Å²) in [5.41, 5.74) is 0.142. The maximum absolute atomic E-state index is 11.2. The van der Waals surface area contributed by atoms with Gasteiger partial charge in [0.1, 0.15) is 0 Å². The molecular weight excluding hydrogens is 188 g/mol. The number of carbonyl (C=O) groups is 1. The van der Waals surface area contributed by atoms with Crippen LogP contribution < -0.4 is 0 Å². The minimum atomic E-state index is -0.228. The largest absolute Gasteiger partial charge is 0.463 e. The molecule has 0 rings (SSSR count). The first-order valence-corrected chi connectivity index (χ1v) is 5.94. The monoisotopic (exact) mass is 212 g/mol. The molecule has 15 heavy (non-hydrogen) atoms. The number of hydrogen-bond acceptors (Lipinski definition) is 2. The van der Waals surface area contributed by atoms with Gasteiger partial charge in [-0.2, -0.15) is 0 Å². The Bertz CT molecular complexity index is 209. The van der Waals surface area contributed by atoms with Gasteiger partial charge < -0.3 is 4.74 Å². The molecule has 0 aromatic rings. The van der Waals surface area contributed by atoms with Crippen LogP contribution in [0.1, 0.15) is 53.4 Å². The van der Waals surface area contributed by atoms with Gasteiger partial charge in [-0.1, -0.05) is 39.7 Å². The van der Waals surface area contributed by atoms with E-state index in [2.05, 4.69) is 20.8 Å². The van der Waals surface area contributed by atoms with Gasteiger partial charge in [-0.15, -0.1) is 0 Å². The predicted octanol–water partition coefficient (Wildman–Crippen LogP) is 3.71. The van der Waals surface area contributed by atoms with Crippen LogP contribution in [-0.2, 0) is 9.53 Å². The number of carbonyl (C=O) groups excluding carboxylic acids is 1. The molecule has 0 amide bonds. The Kier molecular flexibility index (Phi) is 7.10. The van der Waals surface area contributed by atoms with Crippen molar-refractivity contribution in [2.75, 3.05) is 6.61 Å². The van der Waals surface area contributed by atoms with E-state index in [4.69, 9.17) is 4.74 Å². The number of allylic oxidation sites excluding steroid dienone is 1. The van der Waals surface area contributed by atoms with Gasteiger partial charge in [0.25, 0.3) is 0 Å². The normalized spacial score (nSPS) is 15.2. The van der Waals surface area contributed by atoms with Gasteiger partial charge in [-0.3, -0.25) is 0 Å². The van der Waals surface area contributed by atoms with Crippen molar-refractivity contribution in [1.29, 1.82) is 0 Å². The fraction of sp³-hybridized carbons (Fsp3) is 0.769. The molecule has 2 heteroatoms. The molecule has 0 spiro atoms. The van der Waals surface area contributed by atoms with Gasteiger partial charge in [0, 0.05) is 6.08 Å². The number of rotatable bonds is 7. The number of esters is 1. The van der Waals surface area contributed by atoms with Crippen molar-refractivity contribution < 1.29 is 9.53 Å². The van der Waals surface area contributed by atoms with Crippen molar-refractivity contribution in [3.63, 3.8) is 0 Å². The summed E-state index contributed by atoms with van der Waals surface area (Å²) in [5, 5.41) is 0. The van der Waals surface area contributed by atoms with Crippen molar-refractivity contribution in [3.8, 4) is 0 Å². The molecule has 0 aromatic heterocycles. The number of ether oxygens (including phenoxy) is 1. The summed E-state index contributed by atoms with van der Waals surface area (Å²) in [4.78, 5) is 11.2. The minimum Gasteiger partial charge on any atom is -0.463 e. The van der Waals surface area contributed by atoms with Crippen molar-refractivity contribution in [1.82, 2.24) is 0 Å². The summed E-state index contributed by atoms with van der Waals surface area (Å²) < 4.78 is 4.86. The lowest BCUT2D eigenvalue weighted by molar-refractivity contribution is -0.137. The highest BCUT2D eigenvalue weighted by Gasteiger charge is 2.17. The fourth-order valence-corrected chi connectivity index (χ4v) is 1.42. The maximum Gasteiger partial charge on any atom is 0.330 e. The molecule has 0 heterocycles. The van der Waals surface area contributed by atoms with Gasteiger partial charge in [0.15, 0.2) is 0 Å². The van der Waals surface area contributed by atoms with Crippen molar-refractivity contribution in [2.24, 2.45) is 5.41 Å². The highest BCUT2D eigenvalue weighted by atomic mass is 16.5. The Hall–Kier alpha value is -0.790. The van der Waals surface area contributed by atoms with E-state index in [1.54, 1.807) is 6.08 Å². The second kappa shape index (κ2) is 7.49. The third-order valence-electron chi connectivity index (χ3n) is 2.82. The molecule has 0 aliphatic rings. The smallest absolute Gasteiger partial charge is 0.330 e. The summed E-state index contributed by atoms with van der Waals surface area (Å²) in [6, 6.07) is 0. The van der Waals surface area contributed by atoms with E-state index in [0.29, 0.717) is 6.61 Å². The van der Waals surface area contributed by atoms with E-state index in [1.165, 1.54) is 12.8 Å². The van der Waals surface area contributed by atoms with Crippen LogP contribution in [0.3, 0.4) is 0 Å². The second-order valence-corrected chi connectivity index (χ2v) is 4.20. The zero-order valence-corrected chi connectivity index (χ0v) is 10.5. The van der Waals surface area contributed by atoms with E-state index in [1.807, 2.05) is 13.0 Å². The molecule has 0 aliphatic heterocycles. The van der Waals surface area contributed by atoms with Gasteiger partial charge in [-0.05, 0) is 25.2 Å². The average Bonchev–Trinajstić information content (AvgIpc) is 2.24. The molecule has 0 fully saturated rings. The van der Waals surface area contributed by atoms with Crippen LogP contribution in [-0.4, -0.2) is 12.6 Å². The van der Waals surface area contributed by atoms with E-state index >= 15 is 0 Å². The Labute approximate surface area is 93.7 Å². The molecule has 2 nitrogen and oxygen atoms in total. The molecule has 0 saturated heterocycles. The third-order valence-corrected chi connectivity index (χ3v) is 2.82. The Morgan fingerprint density at radius 2 is 2.00 bits per heavy atom. The standard InChI is InChI=1S/C13H24O2/c1-5-8-10-13(4,6-2)11-9-12(14)15-7-3/h9,11H,5-8,10H2,1-4H3/b11-9+. The molecule has 0 aromatic carbocycles. The van der Waals surface area contributed by atoms with Crippen LogP contribution in [0.4, 0.5) is 0 Å². The minimum absolute atomic E-state index is 0.142. The first kappa shape index (κ1) is 14.2. The van der Waals surface area contributed by atoms with Crippen molar-refractivity contribution in [3.05, 3.63) is 12.2 Å². The first-order chi connectivity index (χ1) is 7.08. The van der Waals surface area contributed by atoms with Crippen LogP contribution in [0.2, 0.25) is 0 Å². The fourth-order valence-electron chi connectivity index (χ4n) is 1.42. The summed E-state index contributed by atoms with van der Waals surface area (Å²) in [6.45, 7) is 8.80. The lowest BCUT2D eigenvalue weighted by Crippen LogP contribution is -2.12. The number of hydrogen-bond donors (Lipinski definition) is 0. The molecule has 0 bridgehead atoms. The quantitative estimate of drug-likeness (QED) is 0.475. The van der Waals surface area contributed by atoms with Crippen LogP contribution >= 0.6 is 0 Å². The summed E-state index contributed by atoms with van der Waals surface area (Å²) in [7, 11) is 0. The van der Waals surface area contributed by atoms with Crippen LogP contribution in [0.25, 0.3) is 0 Å². The van der Waals surface area contributed by atoms with Crippen molar-refractivity contribution >= 4 is 5.97 Å². The zero-order chi connectivity index (χ0) is 11.7. The van der Waals surface area contributed by atoms with E-state index in [0.717, 1.165) is 12.8 Å². The third kappa shape index (κ3) is 6.32. The Morgan fingerprint density at radius 1 is 1.33 bits per heavy atom. The lowest BCUT2D eigenvalue weighted by Gasteiger charge is -2.23. The molecule has 0 radical (unpaired) electrons. The molecule has 0 aliphatic carbocycles. The lowest BCUT2D eigenvalue weighted by atomic mass is 9.82. The van der Waals surface area contributed by atoms with Crippen molar-refractivity contribution in [2.45, 2.75) is 53.4 Å². The van der Waals surface area contributed by atoms with Gasteiger partial charge in [-0.25, -0.2) is 4.79 Å². The zero-order valence-electron chi connectivity index (χ0n) is 10.5. The van der Waals surface area contributed by atoms with Gasteiger partial charge >= 0.3 is 5.97 Å². The summed E-state index contributed by atoms with van der Waals surface area (Å²) in [6.07, 6.45) is 8.17. The highest BCUT2D eigenvalue weighted by molar-refractivity contribution is 5.81. The van der Waals surface area contributed by atoms with Crippen LogP contribution in [0, 0.1) is 5.41 Å². The van der Waals surface area contributed by atoms with E-state index < -0.39 is 0 Å². The maximum atomic E-state index is 11.2. The Balaban J connectivity index is 4.22. The Morgan fingerprint density at radius 3 is 2.47 bits per heavy atom. The summed E-state index contributed by atoms with van der Waals surface area (Å²) >= 11 is 0. The molecule has 1 unspecified atom stereocenters. The number of unbranched alkanes of at least 4 members (excludes halogenated alkanes) is 1. The van der Waals surface area contributed by atoms with E-state index in [9.17, 15) is 4.79 Å². The molecule has 88 valence electrons. The summed E-state index contributed by atoms with van der Waals surface area (Å²) in [5.74, 6) is -0.228. The van der Waals surface area contributed by atoms with E-state index in [-0.39, 0.29) is 11.4 Å². The van der Waals surface area contributed by atoms with Crippen LogP contribution in [0.5, 0.6) is 0 Å². The molecule has 1 atom stereocenters.